The lowest BCUT2D eigenvalue weighted by molar-refractivity contribution is -0.130. The molecule has 3 rings (SSSR count). The Morgan fingerprint density at radius 2 is 2.13 bits per heavy atom. The van der Waals surface area contributed by atoms with Crippen molar-refractivity contribution in [3.05, 3.63) is 11.6 Å². The van der Waals surface area contributed by atoms with Crippen molar-refractivity contribution in [3.8, 4) is 0 Å². The van der Waals surface area contributed by atoms with E-state index in [1.807, 2.05) is 6.92 Å². The van der Waals surface area contributed by atoms with Gasteiger partial charge in [0.1, 0.15) is 17.2 Å². The molecule has 0 bridgehead atoms. The molecule has 1 aromatic rings. The number of nitrogens with zero attached hydrogens (tertiary/aromatic N) is 4. The molecule has 1 saturated heterocycles. The fourth-order valence-electron chi connectivity index (χ4n) is 3.21. The van der Waals surface area contributed by atoms with Gasteiger partial charge in [-0.05, 0) is 39.7 Å². The number of hydrogen-bond acceptors (Lipinski definition) is 5. The number of fused-ring (bicyclic) bond motifs is 1. The zero-order chi connectivity index (χ0) is 16.6. The minimum absolute atomic E-state index is 0.160. The number of carbonyl (C=O) groups excluding carboxylic acids is 2. The molecule has 0 saturated carbocycles. The van der Waals surface area contributed by atoms with E-state index in [0.29, 0.717) is 19.0 Å². The summed E-state index contributed by atoms with van der Waals surface area (Å²) in [5, 5.41) is 14.3. The molecule has 8 heteroatoms. The number of hydrogen-bond donors (Lipinski definition) is 2. The van der Waals surface area contributed by atoms with Crippen molar-refractivity contribution in [3.63, 3.8) is 0 Å². The van der Waals surface area contributed by atoms with E-state index in [1.54, 1.807) is 13.8 Å². The summed E-state index contributed by atoms with van der Waals surface area (Å²) >= 11 is 0. The van der Waals surface area contributed by atoms with Crippen LogP contribution in [0.4, 0.5) is 4.79 Å². The normalized spacial score (nSPS) is 23.1. The van der Waals surface area contributed by atoms with Crippen LogP contribution < -0.4 is 10.6 Å². The van der Waals surface area contributed by atoms with Crippen LogP contribution in [-0.4, -0.2) is 56.8 Å². The standard InChI is InChI=1S/C15H24N6O2/c1-10-18-19-12-5-4-11(9-21(10)12)8-16-6-7-20-13(22)15(2,3)17-14(20)23/h11,16H,4-9H2,1-3H3,(H,17,23)/t11-/m0/s1. The number of amides is 3. The van der Waals surface area contributed by atoms with Gasteiger partial charge in [0.25, 0.3) is 5.91 Å². The van der Waals surface area contributed by atoms with Crippen LogP contribution in [0.1, 0.15) is 31.9 Å². The lowest BCUT2D eigenvalue weighted by Gasteiger charge is -2.24. The molecular weight excluding hydrogens is 296 g/mol. The van der Waals surface area contributed by atoms with E-state index in [9.17, 15) is 9.59 Å². The molecule has 2 aliphatic rings. The maximum absolute atomic E-state index is 12.1. The van der Waals surface area contributed by atoms with Gasteiger partial charge in [0, 0.05) is 26.1 Å². The van der Waals surface area contributed by atoms with Gasteiger partial charge in [0.05, 0.1) is 0 Å². The minimum Gasteiger partial charge on any atom is -0.324 e. The Hall–Kier alpha value is -1.96. The quantitative estimate of drug-likeness (QED) is 0.592. The molecule has 1 aromatic heterocycles. The fraction of sp³-hybridized carbons (Fsp3) is 0.733. The zero-order valence-electron chi connectivity index (χ0n) is 13.9. The Bertz CT molecular complexity index is 623. The van der Waals surface area contributed by atoms with E-state index in [0.717, 1.165) is 37.6 Å². The predicted molar refractivity (Wildman–Crippen MR) is 83.8 cm³/mol. The number of carbonyl (C=O) groups is 2. The second kappa shape index (κ2) is 5.92. The molecular formula is C15H24N6O2. The number of rotatable bonds is 5. The summed E-state index contributed by atoms with van der Waals surface area (Å²) in [5.41, 5.74) is -0.789. The van der Waals surface area contributed by atoms with E-state index in [-0.39, 0.29) is 11.9 Å². The third-order valence-electron chi connectivity index (χ3n) is 4.62. The molecule has 23 heavy (non-hydrogen) atoms. The van der Waals surface area contributed by atoms with Crippen molar-refractivity contribution in [2.45, 2.75) is 45.7 Å². The molecule has 126 valence electrons. The summed E-state index contributed by atoms with van der Waals surface area (Å²) in [4.78, 5) is 25.2. The van der Waals surface area contributed by atoms with Crippen molar-refractivity contribution >= 4 is 11.9 Å². The zero-order valence-corrected chi connectivity index (χ0v) is 13.9. The van der Waals surface area contributed by atoms with Crippen molar-refractivity contribution in [2.24, 2.45) is 5.92 Å². The van der Waals surface area contributed by atoms with Crippen molar-refractivity contribution in [2.75, 3.05) is 19.6 Å². The third-order valence-corrected chi connectivity index (χ3v) is 4.62. The molecule has 1 atom stereocenters. The highest BCUT2D eigenvalue weighted by atomic mass is 16.2. The predicted octanol–water partition coefficient (Wildman–Crippen LogP) is 0.0689. The van der Waals surface area contributed by atoms with Gasteiger partial charge in [0.2, 0.25) is 0 Å². The SMILES string of the molecule is Cc1nnc2n1C[C@H](CNCCN1C(=O)NC(C)(C)C1=O)CC2. The Kier molecular flexibility index (Phi) is 4.09. The average molecular weight is 320 g/mol. The van der Waals surface area contributed by atoms with Crippen LogP contribution in [-0.2, 0) is 17.8 Å². The van der Waals surface area contributed by atoms with Gasteiger partial charge in [0.15, 0.2) is 0 Å². The monoisotopic (exact) mass is 320 g/mol. The topological polar surface area (TPSA) is 92.2 Å². The average Bonchev–Trinajstić information content (AvgIpc) is 2.95. The molecule has 1 fully saturated rings. The van der Waals surface area contributed by atoms with E-state index in [4.69, 9.17) is 0 Å². The Morgan fingerprint density at radius 3 is 2.83 bits per heavy atom. The van der Waals surface area contributed by atoms with Crippen LogP contribution in [0.15, 0.2) is 0 Å². The fourth-order valence-corrected chi connectivity index (χ4v) is 3.21. The first-order valence-electron chi connectivity index (χ1n) is 8.12. The molecule has 0 spiro atoms. The van der Waals surface area contributed by atoms with E-state index in [1.165, 1.54) is 4.90 Å². The molecule has 3 heterocycles. The summed E-state index contributed by atoms with van der Waals surface area (Å²) in [6.45, 7) is 8.23. The lowest BCUT2D eigenvalue weighted by atomic mass is 9.99. The number of urea groups is 1. The largest absolute Gasteiger partial charge is 0.325 e. The number of nitrogens with one attached hydrogen (secondary N) is 2. The van der Waals surface area contributed by atoms with E-state index in [2.05, 4.69) is 25.4 Å². The third kappa shape index (κ3) is 3.08. The molecule has 0 aliphatic carbocycles. The van der Waals surface area contributed by atoms with Crippen molar-refractivity contribution < 1.29 is 9.59 Å². The Labute approximate surface area is 135 Å². The number of imide groups is 1. The first-order valence-corrected chi connectivity index (χ1v) is 8.12. The van der Waals surface area contributed by atoms with Crippen LogP contribution in [0.5, 0.6) is 0 Å². The van der Waals surface area contributed by atoms with Crippen molar-refractivity contribution in [1.82, 2.24) is 30.3 Å². The highest BCUT2D eigenvalue weighted by Crippen LogP contribution is 2.19. The molecule has 8 nitrogen and oxygen atoms in total. The smallest absolute Gasteiger partial charge is 0.324 e. The number of aryl methyl sites for hydroxylation is 2. The summed E-state index contributed by atoms with van der Waals surface area (Å²) < 4.78 is 2.18. The Morgan fingerprint density at radius 1 is 1.35 bits per heavy atom. The molecule has 3 amide bonds. The second-order valence-electron chi connectivity index (χ2n) is 6.89. The summed E-state index contributed by atoms with van der Waals surface area (Å²) in [6.07, 6.45) is 2.04. The maximum Gasteiger partial charge on any atom is 0.325 e. The Balaban J connectivity index is 1.44. The molecule has 0 unspecified atom stereocenters. The van der Waals surface area contributed by atoms with Crippen molar-refractivity contribution in [1.29, 1.82) is 0 Å². The minimum atomic E-state index is -0.789. The maximum atomic E-state index is 12.1. The highest BCUT2D eigenvalue weighted by molar-refractivity contribution is 6.06. The van der Waals surface area contributed by atoms with Crippen LogP contribution in [0, 0.1) is 12.8 Å². The highest BCUT2D eigenvalue weighted by Gasteiger charge is 2.43. The van der Waals surface area contributed by atoms with Gasteiger partial charge in [-0.2, -0.15) is 0 Å². The lowest BCUT2D eigenvalue weighted by Crippen LogP contribution is -2.41. The van der Waals surface area contributed by atoms with Crippen LogP contribution in [0.3, 0.4) is 0 Å². The first-order chi connectivity index (χ1) is 10.9. The first kappa shape index (κ1) is 15.9. The van der Waals surface area contributed by atoms with Gasteiger partial charge in [-0.15, -0.1) is 10.2 Å². The summed E-state index contributed by atoms with van der Waals surface area (Å²) in [5.74, 6) is 2.40. The van der Waals surface area contributed by atoms with Crippen LogP contribution >= 0.6 is 0 Å². The van der Waals surface area contributed by atoms with Crippen LogP contribution in [0.2, 0.25) is 0 Å². The molecule has 2 aliphatic heterocycles. The second-order valence-corrected chi connectivity index (χ2v) is 6.89. The molecule has 2 N–H and O–H groups in total. The summed E-state index contributed by atoms with van der Waals surface area (Å²) in [7, 11) is 0. The summed E-state index contributed by atoms with van der Waals surface area (Å²) in [6, 6.07) is -0.302. The van der Waals surface area contributed by atoms with Gasteiger partial charge in [-0.1, -0.05) is 0 Å². The van der Waals surface area contributed by atoms with E-state index >= 15 is 0 Å². The number of aromatic nitrogens is 3. The van der Waals surface area contributed by atoms with Gasteiger partial charge in [-0.3, -0.25) is 9.69 Å². The van der Waals surface area contributed by atoms with Gasteiger partial charge in [-0.25, -0.2) is 4.79 Å². The van der Waals surface area contributed by atoms with Gasteiger partial charge >= 0.3 is 6.03 Å². The van der Waals surface area contributed by atoms with E-state index < -0.39 is 5.54 Å². The molecule has 0 radical (unpaired) electrons. The molecule has 0 aromatic carbocycles. The van der Waals surface area contributed by atoms with Crippen LogP contribution in [0.25, 0.3) is 0 Å². The van der Waals surface area contributed by atoms with Gasteiger partial charge < -0.3 is 15.2 Å².